The van der Waals surface area contributed by atoms with E-state index in [1.165, 1.54) is 0 Å². The van der Waals surface area contributed by atoms with Crippen LogP contribution >= 0.6 is 15.9 Å². The van der Waals surface area contributed by atoms with E-state index < -0.39 is 5.60 Å². The second-order valence-electron chi connectivity index (χ2n) is 3.94. The first-order valence-electron chi connectivity index (χ1n) is 4.52. The lowest BCUT2D eigenvalue weighted by Gasteiger charge is -2.16. The minimum Gasteiger partial charge on any atom is -0.388 e. The molecule has 78 valence electrons. The molecule has 14 heavy (non-hydrogen) atoms. The van der Waals surface area contributed by atoms with Crippen molar-refractivity contribution < 1.29 is 9.84 Å². The van der Waals surface area contributed by atoms with Gasteiger partial charge >= 0.3 is 0 Å². The van der Waals surface area contributed by atoms with Crippen molar-refractivity contribution in [3.8, 4) is 0 Å². The van der Waals surface area contributed by atoms with Crippen molar-refractivity contribution in [3.63, 3.8) is 0 Å². The number of benzene rings is 1. The average molecular weight is 259 g/mol. The topological polar surface area (TPSA) is 29.5 Å². The third kappa shape index (κ3) is 4.74. The molecule has 0 atom stereocenters. The molecule has 0 heterocycles. The number of hydrogen-bond acceptors (Lipinski definition) is 2. The smallest absolute Gasteiger partial charge is 0.0824 e. The maximum atomic E-state index is 9.42. The zero-order valence-corrected chi connectivity index (χ0v) is 10.0. The minimum absolute atomic E-state index is 0.347. The first kappa shape index (κ1) is 11.7. The van der Waals surface area contributed by atoms with Gasteiger partial charge < -0.3 is 9.84 Å². The highest BCUT2D eigenvalue weighted by atomic mass is 79.9. The Morgan fingerprint density at radius 3 is 2.71 bits per heavy atom. The second kappa shape index (κ2) is 4.91. The summed E-state index contributed by atoms with van der Waals surface area (Å²) in [5.41, 5.74) is 0.343. The summed E-state index contributed by atoms with van der Waals surface area (Å²) in [5.74, 6) is 0. The van der Waals surface area contributed by atoms with E-state index in [-0.39, 0.29) is 0 Å². The van der Waals surface area contributed by atoms with E-state index in [1.807, 2.05) is 24.3 Å². The van der Waals surface area contributed by atoms with E-state index in [0.717, 1.165) is 10.0 Å². The van der Waals surface area contributed by atoms with E-state index in [0.29, 0.717) is 13.2 Å². The summed E-state index contributed by atoms with van der Waals surface area (Å²) in [5, 5.41) is 9.42. The lowest BCUT2D eigenvalue weighted by Crippen LogP contribution is -2.25. The van der Waals surface area contributed by atoms with Gasteiger partial charge in [0.15, 0.2) is 0 Å². The zero-order chi connectivity index (χ0) is 10.6. The van der Waals surface area contributed by atoms with Crippen LogP contribution in [-0.4, -0.2) is 17.3 Å². The molecule has 1 rings (SSSR count). The molecule has 0 aromatic heterocycles. The summed E-state index contributed by atoms with van der Waals surface area (Å²) in [6.45, 7) is 4.34. The lowest BCUT2D eigenvalue weighted by atomic mass is 10.2. The second-order valence-corrected chi connectivity index (χ2v) is 4.85. The van der Waals surface area contributed by atoms with Gasteiger partial charge in [0.25, 0.3) is 0 Å². The maximum Gasteiger partial charge on any atom is 0.0824 e. The zero-order valence-electron chi connectivity index (χ0n) is 8.46. The first-order valence-corrected chi connectivity index (χ1v) is 5.31. The number of hydrogen-bond donors (Lipinski definition) is 1. The maximum absolute atomic E-state index is 9.42. The summed E-state index contributed by atoms with van der Waals surface area (Å²) in [6, 6.07) is 7.94. The van der Waals surface area contributed by atoms with Crippen molar-refractivity contribution in [1.82, 2.24) is 0 Å². The fourth-order valence-corrected chi connectivity index (χ4v) is 1.49. The number of ether oxygens (including phenoxy) is 1. The standard InChI is InChI=1S/C11H15BrO2/c1-11(2,13)8-14-7-9-4-3-5-10(12)6-9/h3-6,13H,7-8H2,1-2H3. The van der Waals surface area contributed by atoms with Gasteiger partial charge in [0.2, 0.25) is 0 Å². The van der Waals surface area contributed by atoms with Crippen LogP contribution in [0.15, 0.2) is 28.7 Å². The van der Waals surface area contributed by atoms with Crippen LogP contribution in [0.4, 0.5) is 0 Å². The molecule has 0 aliphatic heterocycles. The molecule has 0 bridgehead atoms. The summed E-state index contributed by atoms with van der Waals surface area (Å²) < 4.78 is 6.41. The van der Waals surface area contributed by atoms with Crippen LogP contribution in [0.2, 0.25) is 0 Å². The molecular weight excluding hydrogens is 244 g/mol. The van der Waals surface area contributed by atoms with Gasteiger partial charge in [0.1, 0.15) is 0 Å². The van der Waals surface area contributed by atoms with Crippen molar-refractivity contribution in [2.24, 2.45) is 0 Å². The van der Waals surface area contributed by atoms with Gasteiger partial charge in [-0.2, -0.15) is 0 Å². The third-order valence-corrected chi connectivity index (χ3v) is 2.11. The Hall–Kier alpha value is -0.380. The monoisotopic (exact) mass is 258 g/mol. The van der Waals surface area contributed by atoms with Crippen LogP contribution < -0.4 is 0 Å². The molecule has 1 aromatic rings. The molecule has 2 nitrogen and oxygen atoms in total. The first-order chi connectivity index (χ1) is 6.47. The van der Waals surface area contributed by atoms with Crippen molar-refractivity contribution in [1.29, 1.82) is 0 Å². The molecule has 0 spiro atoms. The van der Waals surface area contributed by atoms with Crippen molar-refractivity contribution >= 4 is 15.9 Å². The molecule has 0 unspecified atom stereocenters. The Labute approximate surface area is 93.0 Å². The van der Waals surface area contributed by atoms with E-state index >= 15 is 0 Å². The molecule has 1 N–H and O–H groups in total. The number of rotatable bonds is 4. The van der Waals surface area contributed by atoms with Crippen LogP contribution in [-0.2, 0) is 11.3 Å². The van der Waals surface area contributed by atoms with Crippen LogP contribution in [0.25, 0.3) is 0 Å². The van der Waals surface area contributed by atoms with Gasteiger partial charge in [0.05, 0.1) is 18.8 Å². The summed E-state index contributed by atoms with van der Waals surface area (Å²) in [7, 11) is 0. The minimum atomic E-state index is -0.758. The Balaban J connectivity index is 2.39. The van der Waals surface area contributed by atoms with Crippen LogP contribution in [0.5, 0.6) is 0 Å². The molecule has 3 heteroatoms. The molecule has 0 fully saturated rings. The molecule has 1 aromatic carbocycles. The highest BCUT2D eigenvalue weighted by molar-refractivity contribution is 9.10. The molecule has 0 aliphatic carbocycles. The van der Waals surface area contributed by atoms with Crippen molar-refractivity contribution in [2.75, 3.05) is 6.61 Å². The molecular formula is C11H15BrO2. The molecule has 0 saturated heterocycles. The van der Waals surface area contributed by atoms with Gasteiger partial charge in [0, 0.05) is 4.47 Å². The third-order valence-electron chi connectivity index (χ3n) is 1.61. The largest absolute Gasteiger partial charge is 0.388 e. The summed E-state index contributed by atoms with van der Waals surface area (Å²) >= 11 is 3.39. The fraction of sp³-hybridized carbons (Fsp3) is 0.455. The highest BCUT2D eigenvalue weighted by Gasteiger charge is 2.11. The van der Waals surface area contributed by atoms with E-state index in [9.17, 15) is 5.11 Å². The predicted molar refractivity (Wildman–Crippen MR) is 60.1 cm³/mol. The fourth-order valence-electron chi connectivity index (χ4n) is 1.05. The number of halogens is 1. The highest BCUT2D eigenvalue weighted by Crippen LogP contribution is 2.13. The quantitative estimate of drug-likeness (QED) is 0.900. The summed E-state index contributed by atoms with van der Waals surface area (Å²) in [4.78, 5) is 0. The SMILES string of the molecule is CC(C)(O)COCc1cccc(Br)c1. The van der Waals surface area contributed by atoms with Gasteiger partial charge in [-0.05, 0) is 31.5 Å². The normalized spacial score (nSPS) is 11.7. The van der Waals surface area contributed by atoms with E-state index in [2.05, 4.69) is 15.9 Å². The predicted octanol–water partition coefficient (Wildman–Crippen LogP) is 2.74. The van der Waals surface area contributed by atoms with Gasteiger partial charge in [-0.25, -0.2) is 0 Å². The molecule has 0 saturated carbocycles. The summed E-state index contributed by atoms with van der Waals surface area (Å²) in [6.07, 6.45) is 0. The van der Waals surface area contributed by atoms with Gasteiger partial charge in [-0.15, -0.1) is 0 Å². The van der Waals surface area contributed by atoms with Crippen LogP contribution in [0.3, 0.4) is 0 Å². The van der Waals surface area contributed by atoms with Crippen LogP contribution in [0.1, 0.15) is 19.4 Å². The van der Waals surface area contributed by atoms with Crippen molar-refractivity contribution in [3.05, 3.63) is 34.3 Å². The van der Waals surface area contributed by atoms with E-state index in [4.69, 9.17) is 4.74 Å². The Morgan fingerprint density at radius 2 is 2.14 bits per heavy atom. The molecule has 0 radical (unpaired) electrons. The molecule has 0 aliphatic rings. The average Bonchev–Trinajstić information content (AvgIpc) is 2.01. The Morgan fingerprint density at radius 1 is 1.43 bits per heavy atom. The van der Waals surface area contributed by atoms with Crippen LogP contribution in [0, 0.1) is 0 Å². The molecule has 0 amide bonds. The number of aliphatic hydroxyl groups is 1. The Bertz CT molecular complexity index is 292. The van der Waals surface area contributed by atoms with E-state index in [1.54, 1.807) is 13.8 Å². The lowest BCUT2D eigenvalue weighted by molar-refractivity contribution is -0.0269. The Kier molecular flexibility index (Phi) is 4.11. The van der Waals surface area contributed by atoms with Crippen molar-refractivity contribution in [2.45, 2.75) is 26.1 Å². The van der Waals surface area contributed by atoms with Gasteiger partial charge in [-0.3, -0.25) is 0 Å². The van der Waals surface area contributed by atoms with Gasteiger partial charge in [-0.1, -0.05) is 28.1 Å².